The third-order valence-corrected chi connectivity index (χ3v) is 2.27. The van der Waals surface area contributed by atoms with E-state index in [1.54, 1.807) is 0 Å². The molecule has 1 fully saturated rings. The zero-order valence-corrected chi connectivity index (χ0v) is 8.90. The fourth-order valence-electron chi connectivity index (χ4n) is 1.31. The van der Waals surface area contributed by atoms with Crippen molar-refractivity contribution in [2.45, 2.75) is 19.6 Å². The Balaban J connectivity index is 1.85. The SMILES string of the molecule is CCNCc1ccc(OC2COC2)nc1. The Morgan fingerprint density at radius 2 is 2.40 bits per heavy atom. The minimum Gasteiger partial charge on any atom is -0.469 e. The van der Waals surface area contributed by atoms with Gasteiger partial charge in [0.1, 0.15) is 6.10 Å². The fraction of sp³-hybridized carbons (Fsp3) is 0.545. The topological polar surface area (TPSA) is 43.4 Å². The Morgan fingerprint density at radius 1 is 1.53 bits per heavy atom. The van der Waals surface area contributed by atoms with E-state index in [9.17, 15) is 0 Å². The van der Waals surface area contributed by atoms with Gasteiger partial charge in [0, 0.05) is 18.8 Å². The molecule has 0 radical (unpaired) electrons. The van der Waals surface area contributed by atoms with Crippen LogP contribution in [0.25, 0.3) is 0 Å². The van der Waals surface area contributed by atoms with E-state index in [2.05, 4.69) is 17.2 Å². The van der Waals surface area contributed by atoms with Crippen LogP contribution in [0.1, 0.15) is 12.5 Å². The number of rotatable bonds is 5. The van der Waals surface area contributed by atoms with Gasteiger partial charge in [0.2, 0.25) is 5.88 Å². The van der Waals surface area contributed by atoms with Crippen LogP contribution in [0.15, 0.2) is 18.3 Å². The molecule has 2 heterocycles. The average Bonchev–Trinajstić information content (AvgIpc) is 2.22. The van der Waals surface area contributed by atoms with Gasteiger partial charge in [-0.05, 0) is 12.1 Å². The largest absolute Gasteiger partial charge is 0.469 e. The highest BCUT2D eigenvalue weighted by Crippen LogP contribution is 2.13. The van der Waals surface area contributed by atoms with Gasteiger partial charge in [0.05, 0.1) is 13.2 Å². The maximum atomic E-state index is 5.55. The molecular formula is C11H16N2O2. The third kappa shape index (κ3) is 2.91. The van der Waals surface area contributed by atoms with Crippen molar-refractivity contribution in [1.29, 1.82) is 0 Å². The second-order valence-corrected chi connectivity index (χ2v) is 3.56. The Bertz CT molecular complexity index is 296. The lowest BCUT2D eigenvalue weighted by atomic mass is 10.3. The van der Waals surface area contributed by atoms with Crippen molar-refractivity contribution < 1.29 is 9.47 Å². The summed E-state index contributed by atoms with van der Waals surface area (Å²) in [4.78, 5) is 4.24. The van der Waals surface area contributed by atoms with Gasteiger partial charge >= 0.3 is 0 Å². The molecular weight excluding hydrogens is 192 g/mol. The van der Waals surface area contributed by atoms with Crippen LogP contribution in [0.2, 0.25) is 0 Å². The molecule has 0 atom stereocenters. The van der Waals surface area contributed by atoms with E-state index in [0.717, 1.165) is 13.1 Å². The van der Waals surface area contributed by atoms with Crippen LogP contribution in [0.3, 0.4) is 0 Å². The van der Waals surface area contributed by atoms with Gasteiger partial charge in [-0.3, -0.25) is 0 Å². The first-order valence-electron chi connectivity index (χ1n) is 5.28. The van der Waals surface area contributed by atoms with Crippen LogP contribution in [0, 0.1) is 0 Å². The van der Waals surface area contributed by atoms with Crippen molar-refractivity contribution in [3.8, 4) is 5.88 Å². The van der Waals surface area contributed by atoms with Gasteiger partial charge in [-0.1, -0.05) is 13.0 Å². The summed E-state index contributed by atoms with van der Waals surface area (Å²) in [5.41, 5.74) is 1.18. The Hall–Kier alpha value is -1.13. The molecule has 0 unspecified atom stereocenters. The normalized spacial score (nSPS) is 16.1. The van der Waals surface area contributed by atoms with Crippen LogP contribution in [0.4, 0.5) is 0 Å². The number of hydrogen-bond acceptors (Lipinski definition) is 4. The Morgan fingerprint density at radius 3 is 2.93 bits per heavy atom. The van der Waals surface area contributed by atoms with Crippen LogP contribution >= 0.6 is 0 Å². The lowest BCUT2D eigenvalue weighted by molar-refractivity contribution is -0.0813. The summed E-state index contributed by atoms with van der Waals surface area (Å²) >= 11 is 0. The van der Waals surface area contributed by atoms with Crippen molar-refractivity contribution in [1.82, 2.24) is 10.3 Å². The number of nitrogens with one attached hydrogen (secondary N) is 1. The van der Waals surface area contributed by atoms with E-state index in [-0.39, 0.29) is 6.10 Å². The van der Waals surface area contributed by atoms with Gasteiger partial charge in [-0.25, -0.2) is 4.98 Å². The molecule has 0 saturated carbocycles. The van der Waals surface area contributed by atoms with Gasteiger partial charge in [-0.15, -0.1) is 0 Å². The molecule has 0 aliphatic carbocycles. The van der Waals surface area contributed by atoms with Crippen LogP contribution in [-0.4, -0.2) is 30.8 Å². The molecule has 0 amide bonds. The third-order valence-electron chi connectivity index (χ3n) is 2.27. The summed E-state index contributed by atoms with van der Waals surface area (Å²) in [6, 6.07) is 3.94. The lowest BCUT2D eigenvalue weighted by Gasteiger charge is -2.26. The minimum atomic E-state index is 0.192. The van der Waals surface area contributed by atoms with Crippen molar-refractivity contribution in [2.24, 2.45) is 0 Å². The maximum Gasteiger partial charge on any atom is 0.213 e. The predicted molar refractivity (Wildman–Crippen MR) is 56.9 cm³/mol. The summed E-state index contributed by atoms with van der Waals surface area (Å²) in [5, 5.41) is 3.25. The summed E-state index contributed by atoms with van der Waals surface area (Å²) in [6.07, 6.45) is 2.04. The molecule has 1 saturated heterocycles. The highest BCUT2D eigenvalue weighted by atomic mass is 16.6. The first-order valence-corrected chi connectivity index (χ1v) is 5.28. The standard InChI is InChI=1S/C11H16N2O2/c1-2-12-5-9-3-4-11(13-6-9)15-10-7-14-8-10/h3-4,6,10,12H,2,5,7-8H2,1H3. The van der Waals surface area contributed by atoms with Crippen molar-refractivity contribution in [2.75, 3.05) is 19.8 Å². The molecule has 0 bridgehead atoms. The van der Waals surface area contributed by atoms with Crippen molar-refractivity contribution in [3.63, 3.8) is 0 Å². The molecule has 82 valence electrons. The van der Waals surface area contributed by atoms with E-state index < -0.39 is 0 Å². The predicted octanol–water partition coefficient (Wildman–Crippen LogP) is 0.969. The lowest BCUT2D eigenvalue weighted by Crippen LogP contribution is -2.38. The Kier molecular flexibility index (Phi) is 3.53. The van der Waals surface area contributed by atoms with Gasteiger partial charge < -0.3 is 14.8 Å². The monoisotopic (exact) mass is 208 g/mol. The van der Waals surface area contributed by atoms with Crippen molar-refractivity contribution in [3.05, 3.63) is 23.9 Å². The molecule has 1 aromatic heterocycles. The van der Waals surface area contributed by atoms with Crippen LogP contribution in [-0.2, 0) is 11.3 Å². The number of nitrogens with zero attached hydrogens (tertiary/aromatic N) is 1. The van der Waals surface area contributed by atoms with Crippen LogP contribution in [0.5, 0.6) is 5.88 Å². The molecule has 1 aromatic rings. The van der Waals surface area contributed by atoms with Gasteiger partial charge in [-0.2, -0.15) is 0 Å². The highest BCUT2D eigenvalue weighted by Gasteiger charge is 2.20. The quantitative estimate of drug-likeness (QED) is 0.783. The molecule has 0 spiro atoms. The zero-order chi connectivity index (χ0) is 10.5. The number of pyridine rings is 1. The summed E-state index contributed by atoms with van der Waals surface area (Å²) in [6.45, 7) is 5.27. The fourth-order valence-corrected chi connectivity index (χ4v) is 1.31. The molecule has 0 aromatic carbocycles. The summed E-state index contributed by atoms with van der Waals surface area (Å²) in [5.74, 6) is 0.684. The maximum absolute atomic E-state index is 5.55. The van der Waals surface area contributed by atoms with Crippen LogP contribution < -0.4 is 10.1 Å². The van der Waals surface area contributed by atoms with Gasteiger partial charge in [0.25, 0.3) is 0 Å². The van der Waals surface area contributed by atoms with E-state index >= 15 is 0 Å². The van der Waals surface area contributed by atoms with Crippen molar-refractivity contribution >= 4 is 0 Å². The summed E-state index contributed by atoms with van der Waals surface area (Å²) in [7, 11) is 0. The number of hydrogen-bond donors (Lipinski definition) is 1. The molecule has 15 heavy (non-hydrogen) atoms. The van der Waals surface area contributed by atoms with E-state index in [1.807, 2.05) is 18.3 Å². The molecule has 2 rings (SSSR count). The molecule has 4 heteroatoms. The Labute approximate surface area is 89.6 Å². The van der Waals surface area contributed by atoms with E-state index in [0.29, 0.717) is 19.1 Å². The molecule has 1 aliphatic heterocycles. The van der Waals surface area contributed by atoms with E-state index in [1.165, 1.54) is 5.56 Å². The second-order valence-electron chi connectivity index (χ2n) is 3.56. The summed E-state index contributed by atoms with van der Waals surface area (Å²) < 4.78 is 10.6. The second kappa shape index (κ2) is 5.09. The van der Waals surface area contributed by atoms with E-state index in [4.69, 9.17) is 9.47 Å². The average molecular weight is 208 g/mol. The van der Waals surface area contributed by atoms with Gasteiger partial charge in [0.15, 0.2) is 0 Å². The number of ether oxygens (including phenoxy) is 2. The first kappa shape index (κ1) is 10.4. The molecule has 4 nitrogen and oxygen atoms in total. The molecule has 1 aliphatic rings. The first-order chi connectivity index (χ1) is 7.38. The molecule has 1 N–H and O–H groups in total. The highest BCUT2D eigenvalue weighted by molar-refractivity contribution is 5.18. The smallest absolute Gasteiger partial charge is 0.213 e. The number of aromatic nitrogens is 1. The zero-order valence-electron chi connectivity index (χ0n) is 8.90. The minimum absolute atomic E-state index is 0.192.